The van der Waals surface area contributed by atoms with Crippen LogP contribution in [-0.4, -0.2) is 323 Å². The van der Waals surface area contributed by atoms with E-state index in [9.17, 15) is 83.4 Å². The minimum absolute atomic E-state index is 0. The lowest BCUT2D eigenvalue weighted by atomic mass is 9.72. The van der Waals surface area contributed by atoms with Crippen LogP contribution in [0.4, 0.5) is 0 Å². The molecule has 9 fully saturated rings. The second-order valence-electron chi connectivity index (χ2n) is 32.9. The summed E-state index contributed by atoms with van der Waals surface area (Å²) >= 11 is 2.60. The van der Waals surface area contributed by atoms with E-state index in [0.717, 1.165) is 4.90 Å². The maximum Gasteiger partial charge on any atom is 0.252 e. The monoisotopic (exact) mass is 1770 g/mol. The molecule has 5 amide bonds. The van der Waals surface area contributed by atoms with Crippen LogP contribution in [0.5, 0.6) is 34.5 Å². The molecule has 38 heteroatoms. The van der Waals surface area contributed by atoms with Crippen LogP contribution in [0.3, 0.4) is 0 Å². The van der Waals surface area contributed by atoms with Gasteiger partial charge in [-0.3, -0.25) is 72.3 Å². The van der Waals surface area contributed by atoms with Gasteiger partial charge in [0.1, 0.15) is 77.3 Å². The number of rotatable bonds is 25. The summed E-state index contributed by atoms with van der Waals surface area (Å²) < 4.78 is 83.7. The number of likely N-dealkylation sites (tertiary alicyclic amines) is 2. The fraction of sp³-hybridized carbons (Fsp3) is 0.593. The van der Waals surface area contributed by atoms with Gasteiger partial charge in [-0.1, -0.05) is 31.7 Å². The van der Waals surface area contributed by atoms with Crippen LogP contribution in [0.2, 0.25) is 0 Å². The van der Waals surface area contributed by atoms with Crippen molar-refractivity contribution < 1.29 is 150 Å². The van der Waals surface area contributed by atoms with E-state index in [4.69, 9.17) is 66.3 Å². The molecule has 9 heterocycles. The van der Waals surface area contributed by atoms with Gasteiger partial charge in [0.25, 0.3) is 5.91 Å². The Morgan fingerprint density at radius 2 is 1.14 bits per heavy atom. The largest absolute Gasteiger partial charge is 0.507 e. The number of hydrogen-bond acceptors (Lipinski definition) is 35. The van der Waals surface area contributed by atoms with Crippen LogP contribution >= 0.6 is 23.5 Å². The van der Waals surface area contributed by atoms with Crippen molar-refractivity contribution in [2.24, 2.45) is 0 Å². The standard InChI is InChI=1S/C47H56N2O17S.C38H43N3O14S.CH4/c1-23-45-28(48-13-14-60-22-34(48)66-45)15-36(63-23)65-30-18-47(58,17-27-38(30)44(56)40-39(42(27)54)41(53)26-9-5-10-29(59-2)37(26)43(40)55)32(51)21-62-35-11-4-8-25(64-35)20-61-19-24(50)7-6-12-49-33(52)16-31(67-3)46(49)57;1-16-33-19(40-10-11-52-36(51-3)35(40)55-33)12-24(53-16)54-21-15-38(49,37(48)39-8-9-41-23(42)13-22(56-4)34(41)47)14-18-26(21)32(46)28-27(30(18)44)29(43)17-6-5-7-20(50-2)25(17)31(28)45;/h5,9-10,23,25,28,30-31,34-36,45,54,56,58H,4,6-8,11-22H2,1-3H3;5-7,16,19,21-22,24,33,35-36,44,46,49H,8-15H2,1-4H3,(H,39,48);1H4/t23-,25?,28-,30-,31?,34+,35?,36-,45+,47-;16-,19-,21-,22?,24-,33+,35+,36-,38-;/m00./s1. The van der Waals surface area contributed by atoms with Crippen molar-refractivity contribution in [1.82, 2.24) is 24.9 Å². The number of thioether (sulfide) groups is 2. The number of phenolic OH excluding ortho intramolecular Hbond substituents is 4. The van der Waals surface area contributed by atoms with Crippen LogP contribution in [0.25, 0.3) is 0 Å². The number of methoxy groups -OCH3 is 3. The number of nitrogens with one attached hydrogen (secondary N) is 1. The lowest BCUT2D eigenvalue weighted by molar-refractivity contribution is -0.256. The van der Waals surface area contributed by atoms with E-state index in [-0.39, 0.29) is 187 Å². The molecular formula is C86H103N5O31S2. The average molecular weight is 1770 g/mol. The molecule has 4 aromatic rings. The van der Waals surface area contributed by atoms with Gasteiger partial charge < -0.3 is 102 Å². The molecular weight excluding hydrogens is 1660 g/mol. The van der Waals surface area contributed by atoms with Gasteiger partial charge in [0.2, 0.25) is 35.2 Å². The number of ketones is 6. The molecule has 670 valence electrons. The van der Waals surface area contributed by atoms with Crippen LogP contribution in [0, 0.1) is 0 Å². The number of carbonyl (C=O) groups excluding carboxylic acids is 11. The molecule has 17 rings (SSSR count). The van der Waals surface area contributed by atoms with E-state index in [2.05, 4.69) is 15.1 Å². The molecule has 36 nitrogen and oxygen atoms in total. The smallest absolute Gasteiger partial charge is 0.252 e. The van der Waals surface area contributed by atoms with E-state index in [1.165, 1.54) is 86.2 Å². The Hall–Kier alpha value is -8.49. The molecule has 0 bridgehead atoms. The van der Waals surface area contributed by atoms with Crippen molar-refractivity contribution in [3.8, 4) is 34.5 Å². The Morgan fingerprint density at radius 1 is 0.605 bits per heavy atom. The van der Waals surface area contributed by atoms with Crippen molar-refractivity contribution in [3.63, 3.8) is 0 Å². The van der Waals surface area contributed by atoms with Gasteiger partial charge >= 0.3 is 0 Å². The molecule has 9 aliphatic heterocycles. The summed E-state index contributed by atoms with van der Waals surface area (Å²) in [6, 6.07) is 8.53. The first-order valence-electron chi connectivity index (χ1n) is 41.3. The van der Waals surface area contributed by atoms with Gasteiger partial charge in [0.15, 0.2) is 54.5 Å². The molecule has 0 radical (unpaired) electrons. The molecule has 7 N–H and O–H groups in total. The number of fused-ring (bicyclic) bond motifs is 12. The highest BCUT2D eigenvalue weighted by molar-refractivity contribution is 8.00. The Balaban J connectivity index is 0.000000193. The summed E-state index contributed by atoms with van der Waals surface area (Å²) in [5.74, 6) is -8.57. The van der Waals surface area contributed by atoms with Gasteiger partial charge in [0, 0.05) is 143 Å². The third-order valence-corrected chi connectivity index (χ3v) is 27.6. The third kappa shape index (κ3) is 16.5. The van der Waals surface area contributed by atoms with Crippen molar-refractivity contribution in [1.29, 1.82) is 0 Å². The molecule has 0 spiro atoms. The lowest BCUT2D eigenvalue weighted by Crippen LogP contribution is -2.55. The van der Waals surface area contributed by atoms with Crippen LogP contribution in [0.1, 0.15) is 190 Å². The van der Waals surface area contributed by atoms with Crippen molar-refractivity contribution in [3.05, 3.63) is 103 Å². The number of aliphatic hydroxyl groups is 2. The first-order chi connectivity index (χ1) is 59.0. The minimum Gasteiger partial charge on any atom is -0.507 e. The number of hydrogen-bond donors (Lipinski definition) is 7. The molecule has 19 atom stereocenters. The summed E-state index contributed by atoms with van der Waals surface area (Å²) in [5, 5.41) is 74.2. The summed E-state index contributed by atoms with van der Waals surface area (Å²) in [4.78, 5) is 153. The second-order valence-corrected chi connectivity index (χ2v) is 35.0. The topological polar surface area (TPSA) is 463 Å². The zero-order valence-corrected chi connectivity index (χ0v) is 70.4. The fourth-order valence-corrected chi connectivity index (χ4v) is 20.9. The molecule has 0 aromatic heterocycles. The number of imide groups is 2. The molecule has 0 saturated carbocycles. The predicted molar refractivity (Wildman–Crippen MR) is 433 cm³/mol. The fourth-order valence-electron chi connectivity index (χ4n) is 19.6. The molecule has 124 heavy (non-hydrogen) atoms. The van der Waals surface area contributed by atoms with Gasteiger partial charge in [0.05, 0.1) is 115 Å². The van der Waals surface area contributed by atoms with Gasteiger partial charge in [-0.05, 0) is 64.2 Å². The highest BCUT2D eigenvalue weighted by atomic mass is 32.2. The predicted octanol–water partition coefficient (Wildman–Crippen LogP) is 3.91. The SMILES string of the molecule is C.COc1cccc2c1C(=O)c1c(O)c3c(c(O)c1C2=O)C[C@@](O)(C(=O)COC1CCCC(COCC(=O)CCCN2C(=O)CC(SC)C2=O)O1)C[C@@H]3O[C@H]1C[C@H]2[C@H](O[C@@H]3COCCN32)[C@H](C)O1.COc1cccc2c1C(=O)c1c(O)c3c(c(O)c1C2=O)C[C@@](O)(C(=O)NCCN1C(=O)CC(SC)C1=O)C[C@@H]3O[C@H]1C[C@H]2[C@H](O[C@@H]3[C@@H](OC)OCCN32)[C@H](C)O1. The van der Waals surface area contributed by atoms with E-state index in [1.807, 2.05) is 13.8 Å². The normalized spacial score (nSPS) is 31.7. The summed E-state index contributed by atoms with van der Waals surface area (Å²) in [7, 11) is 4.21. The number of aromatic hydroxyl groups is 4. The van der Waals surface area contributed by atoms with Crippen molar-refractivity contribution in [2.75, 3.05) is 106 Å². The number of amides is 5. The maximum absolute atomic E-state index is 14.2. The lowest BCUT2D eigenvalue weighted by Gasteiger charge is -2.43. The van der Waals surface area contributed by atoms with Crippen LogP contribution < -0.4 is 14.8 Å². The zero-order valence-electron chi connectivity index (χ0n) is 68.7. The van der Waals surface area contributed by atoms with Gasteiger partial charge in [-0.2, -0.15) is 23.5 Å². The van der Waals surface area contributed by atoms with Crippen molar-refractivity contribution >= 4 is 87.8 Å². The van der Waals surface area contributed by atoms with E-state index in [0.29, 0.717) is 65.0 Å². The Kier molecular flexibility index (Phi) is 26.7. The molecule has 4 aromatic carbocycles. The zero-order chi connectivity index (χ0) is 87.1. The number of nitrogens with zero attached hydrogens (tertiary/aromatic N) is 4. The van der Waals surface area contributed by atoms with Crippen LogP contribution in [-0.2, 0) is 103 Å². The summed E-state index contributed by atoms with van der Waals surface area (Å²) in [5.41, 5.74) is -7.15. The average Bonchev–Trinajstić information content (AvgIpc) is 0.993. The minimum atomic E-state index is -2.31. The molecule has 13 aliphatic rings. The summed E-state index contributed by atoms with van der Waals surface area (Å²) in [6.07, 6.45) is -4.56. The van der Waals surface area contributed by atoms with Gasteiger partial charge in [-0.15, -0.1) is 0 Å². The van der Waals surface area contributed by atoms with Gasteiger partial charge in [-0.25, -0.2) is 0 Å². The van der Waals surface area contributed by atoms with Crippen molar-refractivity contribution in [2.45, 2.75) is 219 Å². The third-order valence-electron chi connectivity index (χ3n) is 25.7. The van der Waals surface area contributed by atoms with E-state index < -0.39 is 191 Å². The molecule has 4 unspecified atom stereocenters. The van der Waals surface area contributed by atoms with E-state index >= 15 is 0 Å². The highest BCUT2D eigenvalue weighted by Gasteiger charge is 2.58. The Bertz CT molecular complexity index is 4930. The maximum atomic E-state index is 14.2. The number of morpholine rings is 2. The Morgan fingerprint density at radius 3 is 1.69 bits per heavy atom. The number of carbonyl (C=O) groups is 11. The van der Waals surface area contributed by atoms with Crippen LogP contribution in [0.15, 0.2) is 36.4 Å². The second kappa shape index (κ2) is 36.7. The first-order valence-corrected chi connectivity index (χ1v) is 43.9. The number of Topliss-reactive ketones (excluding diaryl/α,β-unsaturated/α-hetero) is 2. The molecule has 4 aliphatic carbocycles. The van der Waals surface area contributed by atoms with E-state index in [1.54, 1.807) is 12.5 Å². The molecule has 9 saturated heterocycles. The summed E-state index contributed by atoms with van der Waals surface area (Å²) in [6.45, 7) is 5.30. The number of phenols is 4. The number of benzene rings is 4. The quantitative estimate of drug-likeness (QED) is 0.0315. The number of ether oxygens (including phenoxy) is 14. The Labute approximate surface area is 721 Å². The first kappa shape index (κ1) is 90.3. The highest BCUT2D eigenvalue weighted by Crippen LogP contribution is 2.56.